The van der Waals surface area contributed by atoms with Gasteiger partial charge < -0.3 is 10.5 Å². The molecule has 1 amide bonds. The fraction of sp³-hybridized carbons (Fsp3) is 0.143. The molecule has 0 aliphatic carbocycles. The Kier molecular flexibility index (Phi) is 5.20. The van der Waals surface area contributed by atoms with E-state index >= 15 is 0 Å². The first kappa shape index (κ1) is 17.5. The molecule has 0 bridgehead atoms. The van der Waals surface area contributed by atoms with Crippen LogP contribution < -0.4 is 11.2 Å². The number of benzene rings is 1. The highest BCUT2D eigenvalue weighted by molar-refractivity contribution is 6.33. The Balaban J connectivity index is 1.82. The van der Waals surface area contributed by atoms with E-state index in [4.69, 9.17) is 22.1 Å². The summed E-state index contributed by atoms with van der Waals surface area (Å²) < 4.78 is 10.8. The number of halogens is 1. The summed E-state index contributed by atoms with van der Waals surface area (Å²) >= 11 is 6.02. The summed E-state index contributed by atoms with van der Waals surface area (Å²) in [4.78, 5) is 12.4. The van der Waals surface area contributed by atoms with E-state index in [1.807, 2.05) is 0 Å². The molecule has 134 valence electrons. The second-order valence-corrected chi connectivity index (χ2v) is 5.33. The van der Waals surface area contributed by atoms with Crippen LogP contribution in [0.25, 0.3) is 5.82 Å². The summed E-state index contributed by atoms with van der Waals surface area (Å²) in [5.74, 6) is -0.499. The lowest BCUT2D eigenvalue weighted by Crippen LogP contribution is -2.20. The Bertz CT molecular complexity index is 951. The summed E-state index contributed by atoms with van der Waals surface area (Å²) in [6.45, 7) is 0.0241. The lowest BCUT2D eigenvalue weighted by molar-refractivity contribution is 0.0944. The number of carbonyl (C=O) groups is 1. The van der Waals surface area contributed by atoms with Gasteiger partial charge in [-0.05, 0) is 16.4 Å². The van der Waals surface area contributed by atoms with Crippen LogP contribution in [0.3, 0.4) is 0 Å². The van der Waals surface area contributed by atoms with Gasteiger partial charge in [0.15, 0.2) is 5.69 Å². The van der Waals surface area contributed by atoms with Crippen LogP contribution in [-0.2, 0) is 11.3 Å². The maximum Gasteiger partial charge on any atom is 0.293 e. The molecule has 0 spiro atoms. The van der Waals surface area contributed by atoms with E-state index in [1.54, 1.807) is 24.3 Å². The van der Waals surface area contributed by atoms with Crippen molar-refractivity contribution in [2.75, 3.05) is 12.8 Å². The summed E-state index contributed by atoms with van der Waals surface area (Å²) in [5.41, 5.74) is 8.95. The van der Waals surface area contributed by atoms with Crippen molar-refractivity contribution in [2.45, 2.75) is 6.61 Å². The number of nitrogens with zero attached hydrogens (tertiary/aromatic N) is 6. The summed E-state index contributed by atoms with van der Waals surface area (Å²) in [6.07, 6.45) is 1.42. The van der Waals surface area contributed by atoms with Crippen molar-refractivity contribution in [3.05, 3.63) is 46.2 Å². The molecule has 0 radical (unpaired) electrons. The molecule has 2 aromatic heterocycles. The zero-order valence-electron chi connectivity index (χ0n) is 13.5. The van der Waals surface area contributed by atoms with E-state index in [9.17, 15) is 4.79 Å². The molecule has 0 saturated carbocycles. The minimum Gasteiger partial charge on any atom is -0.378 e. The van der Waals surface area contributed by atoms with Gasteiger partial charge in [0.25, 0.3) is 5.91 Å². The molecule has 3 aromatic rings. The summed E-state index contributed by atoms with van der Waals surface area (Å²) in [7, 11) is 1.46. The fourth-order valence-corrected chi connectivity index (χ4v) is 2.23. The summed E-state index contributed by atoms with van der Waals surface area (Å²) in [6, 6.07) is 7.06. The van der Waals surface area contributed by atoms with Gasteiger partial charge in [0.1, 0.15) is 5.69 Å². The Hall–Kier alpha value is -3.31. The average molecular weight is 377 g/mol. The number of amides is 1. The largest absolute Gasteiger partial charge is 0.378 e. The van der Waals surface area contributed by atoms with Crippen LogP contribution in [0.15, 0.2) is 34.0 Å². The number of anilines is 1. The van der Waals surface area contributed by atoms with Crippen LogP contribution in [0.1, 0.15) is 21.7 Å². The third kappa shape index (κ3) is 3.53. The van der Waals surface area contributed by atoms with Gasteiger partial charge in [-0.2, -0.15) is 9.78 Å². The van der Waals surface area contributed by atoms with Crippen LogP contribution >= 0.6 is 11.6 Å². The highest BCUT2D eigenvalue weighted by Crippen LogP contribution is 2.16. The number of hydrogen-bond acceptors (Lipinski definition) is 9. The second kappa shape index (κ2) is 7.72. The quantitative estimate of drug-likeness (QED) is 0.474. The number of aromatic nitrogens is 5. The predicted octanol–water partition coefficient (Wildman–Crippen LogP) is 0.796. The average Bonchev–Trinajstić information content (AvgIpc) is 3.23. The third-order valence-electron chi connectivity index (χ3n) is 3.23. The molecule has 0 aliphatic rings. The maximum absolute atomic E-state index is 12.4. The van der Waals surface area contributed by atoms with E-state index < -0.39 is 5.91 Å². The van der Waals surface area contributed by atoms with E-state index in [0.717, 1.165) is 0 Å². The SMILES string of the molecule is COCc1c(C(=O)N/N=C\c2ccccc2Cl)nnn1-c1nonc1N. The van der Waals surface area contributed by atoms with Gasteiger partial charge in [-0.25, -0.2) is 10.1 Å². The maximum atomic E-state index is 12.4. The first-order valence-electron chi connectivity index (χ1n) is 7.21. The molecule has 11 nitrogen and oxygen atoms in total. The van der Waals surface area contributed by atoms with Crippen molar-refractivity contribution in [1.29, 1.82) is 0 Å². The molecule has 26 heavy (non-hydrogen) atoms. The Morgan fingerprint density at radius 2 is 2.27 bits per heavy atom. The lowest BCUT2D eigenvalue weighted by Gasteiger charge is -2.04. The van der Waals surface area contributed by atoms with Crippen molar-refractivity contribution in [3.8, 4) is 5.82 Å². The summed E-state index contributed by atoms with van der Waals surface area (Å²) in [5, 5.41) is 19.2. The monoisotopic (exact) mass is 376 g/mol. The van der Waals surface area contributed by atoms with Crippen molar-refractivity contribution < 1.29 is 14.2 Å². The van der Waals surface area contributed by atoms with Crippen molar-refractivity contribution in [2.24, 2.45) is 5.10 Å². The molecule has 0 atom stereocenters. The second-order valence-electron chi connectivity index (χ2n) is 4.92. The number of hydrazone groups is 1. The molecule has 12 heteroatoms. The lowest BCUT2D eigenvalue weighted by atomic mass is 10.2. The first-order chi connectivity index (χ1) is 12.6. The Morgan fingerprint density at radius 3 is 2.96 bits per heavy atom. The van der Waals surface area contributed by atoms with E-state index in [2.05, 4.69) is 35.8 Å². The van der Waals surface area contributed by atoms with Gasteiger partial charge >= 0.3 is 0 Å². The number of hydrogen-bond donors (Lipinski definition) is 2. The predicted molar refractivity (Wildman–Crippen MR) is 90.9 cm³/mol. The molecule has 3 rings (SSSR count). The fourth-order valence-electron chi connectivity index (χ4n) is 2.05. The molecular weight excluding hydrogens is 364 g/mol. The minimum atomic E-state index is -0.596. The van der Waals surface area contributed by atoms with Gasteiger partial charge in [0, 0.05) is 17.7 Å². The van der Waals surface area contributed by atoms with Crippen molar-refractivity contribution in [1.82, 2.24) is 30.7 Å². The minimum absolute atomic E-state index is 0.00375. The van der Waals surface area contributed by atoms with Gasteiger partial charge in [-0.15, -0.1) is 5.10 Å². The van der Waals surface area contributed by atoms with Crippen LogP contribution in [0.5, 0.6) is 0 Å². The molecule has 1 aromatic carbocycles. The van der Waals surface area contributed by atoms with Crippen molar-refractivity contribution in [3.63, 3.8) is 0 Å². The van der Waals surface area contributed by atoms with Gasteiger partial charge in [-0.3, -0.25) is 4.79 Å². The zero-order chi connectivity index (χ0) is 18.5. The van der Waals surface area contributed by atoms with E-state index in [-0.39, 0.29) is 23.9 Å². The molecule has 3 N–H and O–H groups in total. The van der Waals surface area contributed by atoms with E-state index in [0.29, 0.717) is 16.3 Å². The number of rotatable bonds is 6. The Labute approximate surface area is 151 Å². The molecule has 0 fully saturated rings. The number of nitrogen functional groups attached to an aromatic ring is 1. The number of ether oxygens (including phenoxy) is 1. The van der Waals surface area contributed by atoms with Gasteiger partial charge in [0.05, 0.1) is 12.8 Å². The van der Waals surface area contributed by atoms with Crippen LogP contribution in [-0.4, -0.2) is 44.5 Å². The molecule has 0 saturated heterocycles. The van der Waals surface area contributed by atoms with Crippen LogP contribution in [0.2, 0.25) is 5.02 Å². The molecule has 0 aliphatic heterocycles. The van der Waals surface area contributed by atoms with Crippen LogP contribution in [0, 0.1) is 0 Å². The topological polar surface area (TPSA) is 146 Å². The highest BCUT2D eigenvalue weighted by atomic mass is 35.5. The van der Waals surface area contributed by atoms with Crippen molar-refractivity contribution >= 4 is 29.5 Å². The van der Waals surface area contributed by atoms with Gasteiger partial charge in [0.2, 0.25) is 11.6 Å². The highest BCUT2D eigenvalue weighted by Gasteiger charge is 2.23. The first-order valence-corrected chi connectivity index (χ1v) is 7.59. The third-order valence-corrected chi connectivity index (χ3v) is 3.57. The molecule has 2 heterocycles. The zero-order valence-corrected chi connectivity index (χ0v) is 14.2. The number of methoxy groups -OCH3 is 1. The normalized spacial score (nSPS) is 11.2. The molecule has 0 unspecified atom stereocenters. The smallest absolute Gasteiger partial charge is 0.293 e. The standard InChI is InChI=1S/C14H13ClN8O3/c1-25-7-10-11(18-22-23(10)13-12(16)20-26-21-13)14(24)19-17-6-8-4-2-3-5-9(8)15/h2-6H,7H2,1H3,(H2,16,20)(H,19,24)/b17-6-. The Morgan fingerprint density at radius 1 is 1.46 bits per heavy atom. The van der Waals surface area contributed by atoms with Crippen LogP contribution in [0.4, 0.5) is 5.82 Å². The van der Waals surface area contributed by atoms with E-state index in [1.165, 1.54) is 18.0 Å². The number of nitrogens with two attached hydrogens (primary N) is 1. The number of nitrogens with one attached hydrogen (secondary N) is 1. The molecular formula is C14H13ClN8O3. The number of carbonyl (C=O) groups excluding carboxylic acids is 1. The van der Waals surface area contributed by atoms with Gasteiger partial charge in [-0.1, -0.05) is 35.0 Å².